The standard InChI is InChI=1S/C14H21FN4/c1-4-9-17-14(16)18-10-13(19(2)3)11-5-7-12(15)8-6-11/h4-8,13H,1,9-10H2,2-3H3,(H3,16,17,18). The summed E-state index contributed by atoms with van der Waals surface area (Å²) in [6.45, 7) is 4.69. The average Bonchev–Trinajstić information content (AvgIpc) is 2.38. The lowest BCUT2D eigenvalue weighted by molar-refractivity contribution is 0.306. The lowest BCUT2D eigenvalue weighted by atomic mass is 10.1. The molecule has 0 radical (unpaired) electrons. The summed E-state index contributed by atoms with van der Waals surface area (Å²) in [7, 11) is 3.91. The van der Waals surface area contributed by atoms with Crippen LogP contribution < -0.4 is 11.1 Å². The third kappa shape index (κ3) is 5.09. The van der Waals surface area contributed by atoms with E-state index in [1.165, 1.54) is 12.1 Å². The molecule has 0 saturated carbocycles. The summed E-state index contributed by atoms with van der Waals surface area (Å²) >= 11 is 0. The van der Waals surface area contributed by atoms with E-state index in [1.54, 1.807) is 18.2 Å². The minimum Gasteiger partial charge on any atom is -0.370 e. The summed E-state index contributed by atoms with van der Waals surface area (Å²) in [4.78, 5) is 6.31. The van der Waals surface area contributed by atoms with Crippen LogP contribution in [0.25, 0.3) is 0 Å². The normalized spacial score (nSPS) is 13.4. The monoisotopic (exact) mass is 264 g/mol. The van der Waals surface area contributed by atoms with Gasteiger partial charge in [0.2, 0.25) is 0 Å². The third-order valence-electron chi connectivity index (χ3n) is 2.74. The number of nitrogens with two attached hydrogens (primary N) is 1. The lowest BCUT2D eigenvalue weighted by Gasteiger charge is -2.23. The second kappa shape index (κ2) is 7.53. The number of aliphatic imine (C=N–C) groups is 1. The number of rotatable bonds is 6. The molecule has 1 atom stereocenters. The maximum atomic E-state index is 12.9. The molecule has 0 aliphatic rings. The molecule has 0 aliphatic heterocycles. The fourth-order valence-electron chi connectivity index (χ4n) is 1.67. The van der Waals surface area contributed by atoms with Crippen LogP contribution in [0.4, 0.5) is 4.39 Å². The zero-order chi connectivity index (χ0) is 14.3. The number of halogens is 1. The predicted octanol–water partition coefficient (Wildman–Crippen LogP) is 1.52. The largest absolute Gasteiger partial charge is 0.370 e. The number of hydrogen-bond donors (Lipinski definition) is 2. The van der Waals surface area contributed by atoms with Crippen molar-refractivity contribution in [3.05, 3.63) is 48.3 Å². The van der Waals surface area contributed by atoms with Gasteiger partial charge in [-0.25, -0.2) is 4.39 Å². The van der Waals surface area contributed by atoms with Crippen molar-refractivity contribution >= 4 is 5.96 Å². The number of guanidine groups is 1. The highest BCUT2D eigenvalue weighted by molar-refractivity contribution is 5.77. The van der Waals surface area contributed by atoms with Crippen LogP contribution in [0, 0.1) is 5.82 Å². The second-order valence-corrected chi connectivity index (χ2v) is 4.43. The van der Waals surface area contributed by atoms with E-state index < -0.39 is 0 Å². The predicted molar refractivity (Wildman–Crippen MR) is 77.5 cm³/mol. The maximum absolute atomic E-state index is 12.9. The van der Waals surface area contributed by atoms with Crippen LogP contribution in [0.1, 0.15) is 11.6 Å². The zero-order valence-corrected chi connectivity index (χ0v) is 11.4. The summed E-state index contributed by atoms with van der Waals surface area (Å²) in [5.41, 5.74) is 6.73. The molecule has 0 aromatic heterocycles. The van der Waals surface area contributed by atoms with Crippen molar-refractivity contribution in [2.24, 2.45) is 10.7 Å². The van der Waals surface area contributed by atoms with Crippen LogP contribution >= 0.6 is 0 Å². The van der Waals surface area contributed by atoms with E-state index in [2.05, 4.69) is 16.9 Å². The van der Waals surface area contributed by atoms with Crippen molar-refractivity contribution in [2.75, 3.05) is 27.2 Å². The average molecular weight is 264 g/mol. The molecule has 0 spiro atoms. The molecule has 0 amide bonds. The van der Waals surface area contributed by atoms with Gasteiger partial charge in [-0.2, -0.15) is 0 Å². The first-order chi connectivity index (χ1) is 9.04. The fraction of sp³-hybridized carbons (Fsp3) is 0.357. The van der Waals surface area contributed by atoms with E-state index >= 15 is 0 Å². The Kier molecular flexibility index (Phi) is 6.02. The molecule has 0 fully saturated rings. The fourth-order valence-corrected chi connectivity index (χ4v) is 1.67. The molecule has 1 unspecified atom stereocenters. The molecule has 3 N–H and O–H groups in total. The Labute approximate surface area is 113 Å². The Morgan fingerprint density at radius 2 is 2.11 bits per heavy atom. The summed E-state index contributed by atoms with van der Waals surface area (Å²) in [6.07, 6.45) is 1.71. The first-order valence-electron chi connectivity index (χ1n) is 6.11. The maximum Gasteiger partial charge on any atom is 0.188 e. The molecular formula is C14H21FN4. The topological polar surface area (TPSA) is 53.6 Å². The van der Waals surface area contributed by atoms with E-state index in [-0.39, 0.29) is 11.9 Å². The molecule has 1 aromatic carbocycles. The van der Waals surface area contributed by atoms with Gasteiger partial charge in [0.25, 0.3) is 0 Å². The first-order valence-corrected chi connectivity index (χ1v) is 6.11. The van der Waals surface area contributed by atoms with Gasteiger partial charge in [-0.3, -0.25) is 4.99 Å². The van der Waals surface area contributed by atoms with Gasteiger partial charge in [0, 0.05) is 6.54 Å². The number of hydrogen-bond acceptors (Lipinski definition) is 2. The summed E-state index contributed by atoms with van der Waals surface area (Å²) in [5, 5.41) is 2.92. The third-order valence-corrected chi connectivity index (χ3v) is 2.74. The molecule has 1 rings (SSSR count). The molecule has 4 nitrogen and oxygen atoms in total. The molecule has 0 aliphatic carbocycles. The number of likely N-dealkylation sites (N-methyl/N-ethyl adjacent to an activating group) is 1. The molecule has 1 aromatic rings. The van der Waals surface area contributed by atoms with Crippen LogP contribution in [0.3, 0.4) is 0 Å². The number of benzene rings is 1. The van der Waals surface area contributed by atoms with E-state index in [9.17, 15) is 4.39 Å². The van der Waals surface area contributed by atoms with Gasteiger partial charge in [0.05, 0.1) is 12.6 Å². The highest BCUT2D eigenvalue weighted by atomic mass is 19.1. The van der Waals surface area contributed by atoms with Crippen molar-refractivity contribution in [3.8, 4) is 0 Å². The number of nitrogens with one attached hydrogen (secondary N) is 1. The molecule has 0 bridgehead atoms. The lowest BCUT2D eigenvalue weighted by Crippen LogP contribution is -2.33. The van der Waals surface area contributed by atoms with Crippen LogP contribution in [0.2, 0.25) is 0 Å². The van der Waals surface area contributed by atoms with Crippen molar-refractivity contribution < 1.29 is 4.39 Å². The Bertz CT molecular complexity index is 426. The zero-order valence-electron chi connectivity index (χ0n) is 11.4. The molecule has 5 heteroatoms. The Morgan fingerprint density at radius 1 is 1.47 bits per heavy atom. The highest BCUT2D eigenvalue weighted by Crippen LogP contribution is 2.18. The van der Waals surface area contributed by atoms with Crippen LogP contribution in [0.15, 0.2) is 41.9 Å². The minimum absolute atomic E-state index is 0.0599. The van der Waals surface area contributed by atoms with Crippen LogP contribution in [0.5, 0.6) is 0 Å². The molecular weight excluding hydrogens is 243 g/mol. The van der Waals surface area contributed by atoms with Crippen molar-refractivity contribution in [3.63, 3.8) is 0 Å². The smallest absolute Gasteiger partial charge is 0.188 e. The summed E-state index contributed by atoms with van der Waals surface area (Å²) in [5.74, 6) is 0.144. The van der Waals surface area contributed by atoms with E-state index in [0.29, 0.717) is 19.0 Å². The van der Waals surface area contributed by atoms with Gasteiger partial charge >= 0.3 is 0 Å². The van der Waals surface area contributed by atoms with Crippen molar-refractivity contribution in [2.45, 2.75) is 6.04 Å². The van der Waals surface area contributed by atoms with E-state index in [1.807, 2.05) is 19.0 Å². The number of nitrogens with zero attached hydrogens (tertiary/aromatic N) is 2. The minimum atomic E-state index is -0.239. The SMILES string of the molecule is C=CCNC(N)=NCC(c1ccc(F)cc1)N(C)C. The second-order valence-electron chi connectivity index (χ2n) is 4.43. The van der Waals surface area contributed by atoms with Gasteiger partial charge in [0.15, 0.2) is 5.96 Å². The molecule has 19 heavy (non-hydrogen) atoms. The summed E-state index contributed by atoms with van der Waals surface area (Å²) in [6, 6.07) is 6.50. The van der Waals surface area contributed by atoms with E-state index in [0.717, 1.165) is 5.56 Å². The quantitative estimate of drug-likeness (QED) is 0.465. The highest BCUT2D eigenvalue weighted by Gasteiger charge is 2.13. The van der Waals surface area contributed by atoms with Gasteiger partial charge in [-0.1, -0.05) is 18.2 Å². The van der Waals surface area contributed by atoms with Crippen LogP contribution in [-0.4, -0.2) is 38.0 Å². The Morgan fingerprint density at radius 3 is 2.63 bits per heavy atom. The van der Waals surface area contributed by atoms with Gasteiger partial charge in [-0.15, -0.1) is 6.58 Å². The Hall–Kier alpha value is -1.88. The molecule has 0 heterocycles. The van der Waals surface area contributed by atoms with Crippen molar-refractivity contribution in [1.29, 1.82) is 0 Å². The molecule has 0 saturated heterocycles. The van der Waals surface area contributed by atoms with E-state index in [4.69, 9.17) is 5.73 Å². The Balaban J connectivity index is 2.73. The van der Waals surface area contributed by atoms with Crippen LogP contribution in [-0.2, 0) is 0 Å². The first kappa shape index (κ1) is 15.2. The van der Waals surface area contributed by atoms with Gasteiger partial charge in [0.1, 0.15) is 5.82 Å². The molecule has 104 valence electrons. The van der Waals surface area contributed by atoms with Gasteiger partial charge in [-0.05, 0) is 31.8 Å². The van der Waals surface area contributed by atoms with Crippen molar-refractivity contribution in [1.82, 2.24) is 10.2 Å². The summed E-state index contributed by atoms with van der Waals surface area (Å²) < 4.78 is 12.9. The van der Waals surface area contributed by atoms with Gasteiger partial charge < -0.3 is 16.0 Å².